The summed E-state index contributed by atoms with van der Waals surface area (Å²) >= 11 is 0. The second-order valence-corrected chi connectivity index (χ2v) is 3.88. The molecule has 4 nitrogen and oxygen atoms in total. The number of ketones is 1. The Labute approximate surface area is 94.2 Å². The molecule has 2 rings (SSSR count). The van der Waals surface area contributed by atoms with E-state index in [9.17, 15) is 9.59 Å². The Morgan fingerprint density at radius 2 is 2.19 bits per heavy atom. The molecule has 0 saturated carbocycles. The lowest BCUT2D eigenvalue weighted by Crippen LogP contribution is -2.37. The van der Waals surface area contributed by atoms with Crippen LogP contribution >= 0.6 is 0 Å². The molecule has 1 aromatic rings. The van der Waals surface area contributed by atoms with Crippen molar-refractivity contribution >= 4 is 12.1 Å². The van der Waals surface area contributed by atoms with Crippen LogP contribution in [0.25, 0.3) is 0 Å². The third kappa shape index (κ3) is 2.35. The van der Waals surface area contributed by atoms with Crippen LogP contribution in [0, 0.1) is 0 Å². The molecule has 84 valence electrons. The van der Waals surface area contributed by atoms with Crippen LogP contribution < -0.4 is 5.32 Å². The van der Waals surface area contributed by atoms with Crippen molar-refractivity contribution in [3.05, 3.63) is 35.9 Å². The van der Waals surface area contributed by atoms with Crippen molar-refractivity contribution < 1.29 is 9.59 Å². The third-order valence-corrected chi connectivity index (χ3v) is 2.77. The fraction of sp³-hybridized carbons (Fsp3) is 0.333. The number of Topliss-reactive ketones (excluding diaryl/α,β-unsaturated/α-hetero) is 1. The first-order chi connectivity index (χ1) is 7.81. The summed E-state index contributed by atoms with van der Waals surface area (Å²) in [5, 5.41) is 3.10. The van der Waals surface area contributed by atoms with E-state index in [1.807, 2.05) is 35.2 Å². The van der Waals surface area contributed by atoms with Gasteiger partial charge in [-0.25, -0.2) is 0 Å². The smallest absolute Gasteiger partial charge is 0.213 e. The van der Waals surface area contributed by atoms with Crippen molar-refractivity contribution in [1.82, 2.24) is 10.2 Å². The zero-order valence-corrected chi connectivity index (χ0v) is 8.93. The Hall–Kier alpha value is -1.52. The molecular formula is C12H14N2O2. The van der Waals surface area contributed by atoms with Gasteiger partial charge in [-0.1, -0.05) is 30.3 Å². The van der Waals surface area contributed by atoms with Gasteiger partial charge in [0.15, 0.2) is 6.29 Å². The average Bonchev–Trinajstić information content (AvgIpc) is 2.77. The lowest BCUT2D eigenvalue weighted by Gasteiger charge is -2.20. The lowest BCUT2D eigenvalue weighted by atomic mass is 10.1. The normalized spacial score (nSPS) is 20.9. The number of benzene rings is 1. The summed E-state index contributed by atoms with van der Waals surface area (Å²) in [5.74, 6) is -0.346. The first-order valence-corrected chi connectivity index (χ1v) is 5.29. The predicted molar refractivity (Wildman–Crippen MR) is 59.7 cm³/mol. The summed E-state index contributed by atoms with van der Waals surface area (Å²) in [4.78, 5) is 23.8. The lowest BCUT2D eigenvalue weighted by molar-refractivity contribution is -0.132. The summed E-state index contributed by atoms with van der Waals surface area (Å²) in [6.45, 7) is 1.90. The maximum Gasteiger partial charge on any atom is 0.213 e. The van der Waals surface area contributed by atoms with Crippen LogP contribution in [-0.4, -0.2) is 36.2 Å². The average molecular weight is 218 g/mol. The fourth-order valence-electron chi connectivity index (χ4n) is 1.93. The predicted octanol–water partition coefficient (Wildman–Crippen LogP) is 0.186. The monoisotopic (exact) mass is 218 g/mol. The first kappa shape index (κ1) is 11.0. The fourth-order valence-corrected chi connectivity index (χ4v) is 1.93. The van der Waals surface area contributed by atoms with Crippen LogP contribution in [-0.2, 0) is 16.1 Å². The zero-order valence-electron chi connectivity index (χ0n) is 8.93. The number of rotatable bonds is 4. The Morgan fingerprint density at radius 3 is 2.88 bits per heavy atom. The van der Waals surface area contributed by atoms with E-state index in [4.69, 9.17) is 0 Å². The molecule has 1 saturated heterocycles. The highest BCUT2D eigenvalue weighted by molar-refractivity contribution is 6.27. The quantitative estimate of drug-likeness (QED) is 0.579. The van der Waals surface area contributed by atoms with Gasteiger partial charge in [0.2, 0.25) is 5.78 Å². The summed E-state index contributed by atoms with van der Waals surface area (Å²) in [7, 11) is 0. The first-order valence-electron chi connectivity index (χ1n) is 5.29. The minimum Gasteiger partial charge on any atom is -0.302 e. The second-order valence-electron chi connectivity index (χ2n) is 3.88. The molecule has 0 aromatic heterocycles. The van der Waals surface area contributed by atoms with E-state index in [1.54, 1.807) is 0 Å². The number of carbonyl (C=O) groups excluding carboxylic acids is 2. The van der Waals surface area contributed by atoms with E-state index in [-0.39, 0.29) is 11.8 Å². The standard InChI is InChI=1S/C12H14N2O2/c15-8-12(16)11-6-13-9-14(11)7-10-4-2-1-3-5-10/h1-5,8,11,13H,6-7,9H2. The van der Waals surface area contributed by atoms with E-state index in [2.05, 4.69) is 5.32 Å². The Morgan fingerprint density at radius 1 is 1.44 bits per heavy atom. The molecule has 0 bridgehead atoms. The molecular weight excluding hydrogens is 204 g/mol. The van der Waals surface area contributed by atoms with Gasteiger partial charge in [0.05, 0.1) is 6.04 Å². The van der Waals surface area contributed by atoms with E-state index in [0.717, 1.165) is 5.56 Å². The van der Waals surface area contributed by atoms with E-state index >= 15 is 0 Å². The molecule has 1 aliphatic rings. The molecule has 1 fully saturated rings. The highest BCUT2D eigenvalue weighted by Crippen LogP contribution is 2.11. The van der Waals surface area contributed by atoms with Gasteiger partial charge >= 0.3 is 0 Å². The van der Waals surface area contributed by atoms with Crippen LogP contribution in [0.4, 0.5) is 0 Å². The minimum absolute atomic E-state index is 0.308. The van der Waals surface area contributed by atoms with Crippen molar-refractivity contribution in [3.63, 3.8) is 0 Å². The molecule has 0 amide bonds. The maximum absolute atomic E-state index is 11.4. The highest BCUT2D eigenvalue weighted by Gasteiger charge is 2.29. The van der Waals surface area contributed by atoms with Crippen molar-refractivity contribution in [2.45, 2.75) is 12.6 Å². The van der Waals surface area contributed by atoms with Gasteiger partial charge in [-0.3, -0.25) is 14.5 Å². The molecule has 1 N–H and O–H groups in total. The summed E-state index contributed by atoms with van der Waals surface area (Å²) < 4.78 is 0. The Balaban J connectivity index is 2.04. The summed E-state index contributed by atoms with van der Waals surface area (Å²) in [6.07, 6.45) is 0.412. The number of hydrogen-bond donors (Lipinski definition) is 1. The van der Waals surface area contributed by atoms with Crippen molar-refractivity contribution in [3.8, 4) is 0 Å². The van der Waals surface area contributed by atoms with Crippen LogP contribution in [0.2, 0.25) is 0 Å². The number of hydrogen-bond acceptors (Lipinski definition) is 4. The van der Waals surface area contributed by atoms with Gasteiger partial charge in [0.25, 0.3) is 0 Å². The highest BCUT2D eigenvalue weighted by atomic mass is 16.2. The van der Waals surface area contributed by atoms with Gasteiger partial charge < -0.3 is 5.32 Å². The SMILES string of the molecule is O=CC(=O)C1CNCN1Cc1ccccc1. The van der Waals surface area contributed by atoms with Crippen molar-refractivity contribution in [1.29, 1.82) is 0 Å². The van der Waals surface area contributed by atoms with E-state index in [0.29, 0.717) is 26.0 Å². The van der Waals surface area contributed by atoms with Gasteiger partial charge in [-0.2, -0.15) is 0 Å². The van der Waals surface area contributed by atoms with Gasteiger partial charge in [0.1, 0.15) is 0 Å². The number of nitrogens with one attached hydrogen (secondary N) is 1. The largest absolute Gasteiger partial charge is 0.302 e. The van der Waals surface area contributed by atoms with Crippen LogP contribution in [0.3, 0.4) is 0 Å². The topological polar surface area (TPSA) is 49.4 Å². The molecule has 0 spiro atoms. The molecule has 16 heavy (non-hydrogen) atoms. The maximum atomic E-state index is 11.4. The summed E-state index contributed by atoms with van der Waals surface area (Å²) in [5.41, 5.74) is 1.15. The molecule has 1 aromatic carbocycles. The molecule has 1 heterocycles. The second kappa shape index (κ2) is 5.01. The van der Waals surface area contributed by atoms with E-state index < -0.39 is 0 Å². The zero-order chi connectivity index (χ0) is 11.4. The number of carbonyl (C=O) groups is 2. The van der Waals surface area contributed by atoms with Gasteiger partial charge in [0, 0.05) is 19.8 Å². The third-order valence-electron chi connectivity index (χ3n) is 2.77. The van der Waals surface area contributed by atoms with Crippen molar-refractivity contribution in [2.75, 3.05) is 13.2 Å². The molecule has 0 aliphatic carbocycles. The molecule has 1 unspecified atom stereocenters. The molecule has 1 aliphatic heterocycles. The minimum atomic E-state index is -0.346. The molecule has 0 radical (unpaired) electrons. The van der Waals surface area contributed by atoms with Gasteiger partial charge in [-0.05, 0) is 5.56 Å². The summed E-state index contributed by atoms with van der Waals surface area (Å²) in [6, 6.07) is 9.62. The molecule has 4 heteroatoms. The Kier molecular flexibility index (Phi) is 3.44. The van der Waals surface area contributed by atoms with E-state index in [1.165, 1.54) is 0 Å². The molecule has 1 atom stereocenters. The van der Waals surface area contributed by atoms with Crippen LogP contribution in [0.15, 0.2) is 30.3 Å². The number of nitrogens with zero attached hydrogens (tertiary/aromatic N) is 1. The van der Waals surface area contributed by atoms with Crippen molar-refractivity contribution in [2.24, 2.45) is 0 Å². The van der Waals surface area contributed by atoms with Gasteiger partial charge in [-0.15, -0.1) is 0 Å². The Bertz CT molecular complexity index is 378. The van der Waals surface area contributed by atoms with Crippen LogP contribution in [0.1, 0.15) is 5.56 Å². The number of aldehydes is 1. The van der Waals surface area contributed by atoms with Crippen LogP contribution in [0.5, 0.6) is 0 Å².